The van der Waals surface area contributed by atoms with E-state index < -0.39 is 0 Å². The Morgan fingerprint density at radius 3 is 2.29 bits per heavy atom. The molecule has 7 nitrogen and oxygen atoms in total. The molecule has 0 saturated heterocycles. The van der Waals surface area contributed by atoms with Gasteiger partial charge in [-0.05, 0) is 30.7 Å². The number of hydrazone groups is 1. The smallest absolute Gasteiger partial charge is 0.203 e. The Kier molecular flexibility index (Phi) is 5.99. The van der Waals surface area contributed by atoms with Crippen LogP contribution >= 0.6 is 11.3 Å². The lowest BCUT2D eigenvalue weighted by atomic mass is 10.2. The molecule has 2 aromatic heterocycles. The second-order valence-corrected chi connectivity index (χ2v) is 7.67. The van der Waals surface area contributed by atoms with Gasteiger partial charge in [0, 0.05) is 10.4 Å². The van der Waals surface area contributed by atoms with Crippen molar-refractivity contribution in [1.82, 2.24) is 9.97 Å². The zero-order chi connectivity index (χ0) is 21.8. The van der Waals surface area contributed by atoms with E-state index in [1.54, 1.807) is 38.9 Å². The van der Waals surface area contributed by atoms with Crippen LogP contribution in [0, 0.1) is 6.92 Å². The highest BCUT2D eigenvalue weighted by atomic mass is 32.1. The molecular formula is C23H22N4O3S. The first-order chi connectivity index (χ1) is 15.1. The first-order valence-electron chi connectivity index (χ1n) is 9.55. The van der Waals surface area contributed by atoms with Crippen LogP contribution in [0.4, 0.5) is 5.82 Å². The Balaban J connectivity index is 1.65. The summed E-state index contributed by atoms with van der Waals surface area (Å²) in [6.07, 6.45) is 1.68. The van der Waals surface area contributed by atoms with Crippen molar-refractivity contribution in [3.8, 4) is 27.7 Å². The Bertz CT molecular complexity index is 1210. The van der Waals surface area contributed by atoms with Gasteiger partial charge in [0.15, 0.2) is 17.3 Å². The van der Waals surface area contributed by atoms with Crippen LogP contribution < -0.4 is 19.6 Å². The van der Waals surface area contributed by atoms with Crippen LogP contribution in [0.5, 0.6) is 17.2 Å². The number of anilines is 1. The molecule has 2 aromatic carbocycles. The van der Waals surface area contributed by atoms with E-state index in [0.29, 0.717) is 28.9 Å². The molecule has 4 aromatic rings. The maximum absolute atomic E-state index is 5.40. The van der Waals surface area contributed by atoms with E-state index in [1.807, 2.05) is 37.3 Å². The van der Waals surface area contributed by atoms with Gasteiger partial charge in [0.2, 0.25) is 5.75 Å². The maximum Gasteiger partial charge on any atom is 0.203 e. The molecule has 0 aliphatic carbocycles. The zero-order valence-electron chi connectivity index (χ0n) is 17.7. The molecule has 31 heavy (non-hydrogen) atoms. The second kappa shape index (κ2) is 9.01. The van der Waals surface area contributed by atoms with Gasteiger partial charge in [0.1, 0.15) is 10.7 Å². The molecule has 0 atom stereocenters. The van der Waals surface area contributed by atoms with Gasteiger partial charge in [0.25, 0.3) is 0 Å². The molecule has 0 aliphatic rings. The minimum atomic E-state index is 0.537. The molecule has 0 amide bonds. The summed E-state index contributed by atoms with van der Waals surface area (Å²) in [6, 6.07) is 16.0. The van der Waals surface area contributed by atoms with E-state index in [0.717, 1.165) is 26.2 Å². The van der Waals surface area contributed by atoms with Crippen molar-refractivity contribution >= 4 is 33.6 Å². The molecule has 4 rings (SSSR count). The Hall–Kier alpha value is -3.65. The van der Waals surface area contributed by atoms with Gasteiger partial charge in [-0.25, -0.2) is 9.97 Å². The third kappa shape index (κ3) is 4.29. The monoisotopic (exact) mass is 434 g/mol. The minimum absolute atomic E-state index is 0.537. The summed E-state index contributed by atoms with van der Waals surface area (Å²) >= 11 is 1.63. The zero-order valence-corrected chi connectivity index (χ0v) is 18.5. The quantitative estimate of drug-likeness (QED) is 0.321. The summed E-state index contributed by atoms with van der Waals surface area (Å²) in [5.41, 5.74) is 5.00. The molecule has 0 spiro atoms. The maximum atomic E-state index is 5.40. The van der Waals surface area contributed by atoms with Crippen molar-refractivity contribution in [2.75, 3.05) is 26.8 Å². The lowest BCUT2D eigenvalue weighted by Crippen LogP contribution is -1.99. The second-order valence-electron chi connectivity index (χ2n) is 6.64. The molecule has 8 heteroatoms. The van der Waals surface area contributed by atoms with Crippen molar-refractivity contribution in [2.24, 2.45) is 5.10 Å². The highest BCUT2D eigenvalue weighted by molar-refractivity contribution is 7.21. The van der Waals surface area contributed by atoms with Gasteiger partial charge in [-0.15, -0.1) is 11.3 Å². The van der Waals surface area contributed by atoms with E-state index in [9.17, 15) is 0 Å². The summed E-state index contributed by atoms with van der Waals surface area (Å²) < 4.78 is 16.2. The standard InChI is InChI=1S/C23H22N4O3S/c1-14-25-22(17-12-20(31-23(17)26-14)16-8-6-5-7-9-16)27-24-13-15-10-18(28-2)21(30-4)19(11-15)29-3/h5-13H,1-4H3,(H,25,26,27)/b24-13-. The molecule has 0 bridgehead atoms. The van der Waals surface area contributed by atoms with Crippen LogP contribution in [0.25, 0.3) is 20.7 Å². The van der Waals surface area contributed by atoms with Crippen molar-refractivity contribution in [3.63, 3.8) is 0 Å². The lowest BCUT2D eigenvalue weighted by molar-refractivity contribution is 0.324. The van der Waals surface area contributed by atoms with Gasteiger partial charge in [-0.1, -0.05) is 30.3 Å². The highest BCUT2D eigenvalue weighted by Crippen LogP contribution is 2.38. The fourth-order valence-electron chi connectivity index (χ4n) is 3.20. The van der Waals surface area contributed by atoms with Crippen molar-refractivity contribution in [3.05, 3.63) is 59.9 Å². The number of benzene rings is 2. The predicted molar refractivity (Wildman–Crippen MR) is 125 cm³/mol. The van der Waals surface area contributed by atoms with E-state index in [-0.39, 0.29) is 0 Å². The summed E-state index contributed by atoms with van der Waals surface area (Å²) in [5.74, 6) is 3.00. The molecular weight excluding hydrogens is 412 g/mol. The highest BCUT2D eigenvalue weighted by Gasteiger charge is 2.13. The molecule has 0 aliphatic heterocycles. The number of methoxy groups -OCH3 is 3. The fourth-order valence-corrected chi connectivity index (χ4v) is 4.28. The Morgan fingerprint density at radius 2 is 1.65 bits per heavy atom. The van der Waals surface area contributed by atoms with Crippen molar-refractivity contribution < 1.29 is 14.2 Å². The van der Waals surface area contributed by atoms with Crippen LogP contribution in [0.1, 0.15) is 11.4 Å². The summed E-state index contributed by atoms with van der Waals surface area (Å²) in [4.78, 5) is 11.2. The topological polar surface area (TPSA) is 77.9 Å². The van der Waals surface area contributed by atoms with Gasteiger partial charge in [-0.2, -0.15) is 5.10 Å². The van der Waals surface area contributed by atoms with E-state index in [1.165, 1.54) is 0 Å². The Labute approximate surface area is 184 Å². The number of thiophene rings is 1. The number of hydrogen-bond donors (Lipinski definition) is 1. The predicted octanol–water partition coefficient (Wildman–Crippen LogP) is 5.14. The average molecular weight is 435 g/mol. The van der Waals surface area contributed by atoms with Gasteiger partial charge >= 0.3 is 0 Å². The molecule has 0 unspecified atom stereocenters. The SMILES string of the molecule is COc1cc(/C=N\Nc2nc(C)nc3sc(-c4ccccc4)cc23)cc(OC)c1OC. The number of hydrogen-bond acceptors (Lipinski definition) is 8. The van der Waals surface area contributed by atoms with Gasteiger partial charge < -0.3 is 14.2 Å². The number of nitrogens with zero attached hydrogens (tertiary/aromatic N) is 3. The molecule has 0 fully saturated rings. The normalized spacial score (nSPS) is 11.1. The van der Waals surface area contributed by atoms with E-state index in [4.69, 9.17) is 14.2 Å². The molecule has 0 saturated carbocycles. The molecule has 1 N–H and O–H groups in total. The van der Waals surface area contributed by atoms with Crippen LogP contribution in [0.15, 0.2) is 53.6 Å². The van der Waals surface area contributed by atoms with Crippen LogP contribution in [-0.2, 0) is 0 Å². The first-order valence-corrected chi connectivity index (χ1v) is 10.4. The number of nitrogens with one attached hydrogen (secondary N) is 1. The van der Waals surface area contributed by atoms with Gasteiger partial charge in [-0.3, -0.25) is 5.43 Å². The van der Waals surface area contributed by atoms with Crippen molar-refractivity contribution in [2.45, 2.75) is 6.92 Å². The first kappa shape index (κ1) is 20.6. The summed E-state index contributed by atoms with van der Waals surface area (Å²) in [6.45, 7) is 1.87. The number of ether oxygens (including phenoxy) is 3. The molecule has 2 heterocycles. The summed E-state index contributed by atoms with van der Waals surface area (Å²) in [7, 11) is 4.73. The number of fused-ring (bicyclic) bond motifs is 1. The molecule has 158 valence electrons. The van der Waals surface area contributed by atoms with Crippen molar-refractivity contribution in [1.29, 1.82) is 0 Å². The van der Waals surface area contributed by atoms with Crippen LogP contribution in [-0.4, -0.2) is 37.5 Å². The largest absolute Gasteiger partial charge is 0.493 e. The van der Waals surface area contributed by atoms with Gasteiger partial charge in [0.05, 0.1) is 32.9 Å². The lowest BCUT2D eigenvalue weighted by Gasteiger charge is -2.12. The number of rotatable bonds is 7. The fraction of sp³-hybridized carbons (Fsp3) is 0.174. The Morgan fingerprint density at radius 1 is 0.935 bits per heavy atom. The minimum Gasteiger partial charge on any atom is -0.493 e. The third-order valence-electron chi connectivity index (χ3n) is 4.63. The summed E-state index contributed by atoms with van der Waals surface area (Å²) in [5, 5.41) is 5.31. The third-order valence-corrected chi connectivity index (χ3v) is 5.71. The number of aryl methyl sites for hydroxylation is 1. The van der Waals surface area contributed by atoms with Crippen LogP contribution in [0.3, 0.4) is 0 Å². The van der Waals surface area contributed by atoms with E-state index in [2.05, 4.69) is 38.7 Å². The average Bonchev–Trinajstić information content (AvgIpc) is 3.23. The van der Waals surface area contributed by atoms with E-state index >= 15 is 0 Å². The number of aromatic nitrogens is 2. The van der Waals surface area contributed by atoms with Crippen LogP contribution in [0.2, 0.25) is 0 Å². The molecule has 0 radical (unpaired) electrons.